The quantitative estimate of drug-likeness (QED) is 0.839. The topological polar surface area (TPSA) is 33.2 Å². The van der Waals surface area contributed by atoms with Gasteiger partial charge < -0.3 is 4.90 Å². The van der Waals surface area contributed by atoms with Gasteiger partial charge in [-0.15, -0.1) is 0 Å². The van der Waals surface area contributed by atoms with E-state index in [4.69, 9.17) is 0 Å². The average molecular weight is 280 g/mol. The van der Waals surface area contributed by atoms with Crippen molar-refractivity contribution in [1.82, 2.24) is 9.88 Å². The number of likely N-dealkylation sites (N-methyl/N-ethyl adjacent to an activating group) is 1. The first-order valence-corrected chi connectivity index (χ1v) is 7.15. The normalized spacial score (nSPS) is 10.8. The van der Waals surface area contributed by atoms with Gasteiger partial charge in [0.2, 0.25) is 0 Å². The van der Waals surface area contributed by atoms with Crippen LogP contribution in [0.25, 0.3) is 6.08 Å². The molecule has 1 amide bonds. The summed E-state index contributed by atoms with van der Waals surface area (Å²) in [6, 6.07) is 13.8. The Morgan fingerprint density at radius 3 is 2.62 bits per heavy atom. The number of carbonyl (C=O) groups excluding carboxylic acids is 1. The summed E-state index contributed by atoms with van der Waals surface area (Å²) in [5.41, 5.74) is 2.58. The monoisotopic (exact) mass is 280 g/mol. The fourth-order valence-corrected chi connectivity index (χ4v) is 2.10. The van der Waals surface area contributed by atoms with Crippen molar-refractivity contribution < 1.29 is 4.79 Å². The van der Waals surface area contributed by atoms with Crippen LogP contribution in [0.3, 0.4) is 0 Å². The van der Waals surface area contributed by atoms with Crippen LogP contribution in [0, 0.1) is 6.92 Å². The Morgan fingerprint density at radius 2 is 1.95 bits per heavy atom. The van der Waals surface area contributed by atoms with E-state index < -0.39 is 0 Å². The lowest BCUT2D eigenvalue weighted by Crippen LogP contribution is -2.32. The molecule has 0 aliphatic carbocycles. The van der Waals surface area contributed by atoms with Crippen molar-refractivity contribution in [3.8, 4) is 0 Å². The van der Waals surface area contributed by atoms with Gasteiger partial charge >= 0.3 is 0 Å². The number of aromatic nitrogens is 1. The van der Waals surface area contributed by atoms with Crippen molar-refractivity contribution in [2.24, 2.45) is 0 Å². The van der Waals surface area contributed by atoms with Crippen molar-refractivity contribution in [3.05, 3.63) is 71.6 Å². The first-order valence-electron chi connectivity index (χ1n) is 7.15. The van der Waals surface area contributed by atoms with E-state index in [1.54, 1.807) is 11.1 Å². The predicted octanol–water partition coefficient (Wildman–Crippen LogP) is 3.57. The number of hydrogen-bond donors (Lipinski definition) is 0. The summed E-state index contributed by atoms with van der Waals surface area (Å²) in [4.78, 5) is 18.5. The molecular weight excluding hydrogens is 260 g/mol. The zero-order chi connectivity index (χ0) is 15.1. The fraction of sp³-hybridized carbons (Fsp3) is 0.222. The van der Waals surface area contributed by atoms with Crippen molar-refractivity contribution in [2.75, 3.05) is 13.1 Å². The number of hydrogen-bond acceptors (Lipinski definition) is 2. The number of pyridine rings is 1. The molecule has 21 heavy (non-hydrogen) atoms. The van der Waals surface area contributed by atoms with Crippen LogP contribution in [0.15, 0.2) is 54.7 Å². The molecule has 3 nitrogen and oxygen atoms in total. The van der Waals surface area contributed by atoms with Crippen molar-refractivity contribution in [2.45, 2.75) is 13.8 Å². The Hall–Kier alpha value is -2.42. The smallest absolute Gasteiger partial charge is 0.272 e. The molecule has 0 bridgehead atoms. The molecule has 0 fully saturated rings. The highest BCUT2D eigenvalue weighted by molar-refractivity contribution is 5.93. The summed E-state index contributed by atoms with van der Waals surface area (Å²) in [5, 5.41) is 0. The summed E-state index contributed by atoms with van der Waals surface area (Å²) >= 11 is 0. The third-order valence-electron chi connectivity index (χ3n) is 3.32. The number of rotatable bonds is 5. The fourth-order valence-electron chi connectivity index (χ4n) is 2.10. The largest absolute Gasteiger partial charge is 0.334 e. The van der Waals surface area contributed by atoms with Crippen LogP contribution in [0.5, 0.6) is 0 Å². The van der Waals surface area contributed by atoms with Gasteiger partial charge in [-0.2, -0.15) is 0 Å². The summed E-state index contributed by atoms with van der Waals surface area (Å²) in [5.74, 6) is -0.0201. The maximum Gasteiger partial charge on any atom is 0.272 e. The lowest BCUT2D eigenvalue weighted by atomic mass is 10.2. The predicted molar refractivity (Wildman–Crippen MR) is 86.0 cm³/mol. The zero-order valence-corrected chi connectivity index (χ0v) is 12.5. The molecular formula is C18H20N2O. The molecule has 1 heterocycles. The summed E-state index contributed by atoms with van der Waals surface area (Å²) in [6.45, 7) is 5.13. The second-order valence-electron chi connectivity index (χ2n) is 4.83. The van der Waals surface area contributed by atoms with Gasteiger partial charge in [0.15, 0.2) is 0 Å². The third kappa shape index (κ3) is 4.02. The van der Waals surface area contributed by atoms with Gasteiger partial charge in [0.1, 0.15) is 5.69 Å². The molecule has 1 aromatic carbocycles. The van der Waals surface area contributed by atoms with E-state index in [1.165, 1.54) is 0 Å². The number of carbonyl (C=O) groups is 1. The number of nitrogens with zero attached hydrogens (tertiary/aromatic N) is 2. The van der Waals surface area contributed by atoms with Gasteiger partial charge in [-0.1, -0.05) is 48.6 Å². The van der Waals surface area contributed by atoms with E-state index in [9.17, 15) is 4.79 Å². The number of aryl methyl sites for hydroxylation is 1. The van der Waals surface area contributed by atoms with E-state index >= 15 is 0 Å². The Bertz CT molecular complexity index is 620. The maximum absolute atomic E-state index is 12.5. The maximum atomic E-state index is 12.5. The first-order chi connectivity index (χ1) is 10.2. The van der Waals surface area contributed by atoms with Crippen LogP contribution in [-0.4, -0.2) is 28.9 Å². The molecule has 3 heteroatoms. The Balaban J connectivity index is 2.05. The Morgan fingerprint density at radius 1 is 1.19 bits per heavy atom. The van der Waals surface area contributed by atoms with Gasteiger partial charge in [-0.25, -0.2) is 0 Å². The minimum absolute atomic E-state index is 0.0201. The number of benzene rings is 1. The third-order valence-corrected chi connectivity index (χ3v) is 3.32. The zero-order valence-electron chi connectivity index (χ0n) is 12.5. The molecule has 0 saturated heterocycles. The highest BCUT2D eigenvalue weighted by Gasteiger charge is 2.15. The van der Waals surface area contributed by atoms with E-state index in [2.05, 4.69) is 4.98 Å². The second kappa shape index (κ2) is 7.39. The molecule has 0 atom stereocenters. The molecule has 0 spiro atoms. The van der Waals surface area contributed by atoms with Gasteiger partial charge in [0, 0.05) is 19.3 Å². The SMILES string of the molecule is CCN(CC=Cc1ccccc1)C(=O)c1ncccc1C. The van der Waals surface area contributed by atoms with Crippen LogP contribution >= 0.6 is 0 Å². The Labute approximate surface area is 125 Å². The highest BCUT2D eigenvalue weighted by atomic mass is 16.2. The lowest BCUT2D eigenvalue weighted by Gasteiger charge is -2.19. The van der Waals surface area contributed by atoms with E-state index in [1.807, 2.05) is 68.5 Å². The summed E-state index contributed by atoms with van der Waals surface area (Å²) in [6.07, 6.45) is 5.70. The van der Waals surface area contributed by atoms with Crippen LogP contribution < -0.4 is 0 Å². The molecule has 0 aliphatic rings. The van der Waals surface area contributed by atoms with E-state index in [-0.39, 0.29) is 5.91 Å². The minimum atomic E-state index is -0.0201. The lowest BCUT2D eigenvalue weighted by molar-refractivity contribution is 0.0775. The van der Waals surface area contributed by atoms with Crippen LogP contribution in [0.4, 0.5) is 0 Å². The van der Waals surface area contributed by atoms with Crippen molar-refractivity contribution in [3.63, 3.8) is 0 Å². The average Bonchev–Trinajstić information content (AvgIpc) is 2.52. The molecule has 108 valence electrons. The molecule has 1 aromatic heterocycles. The molecule has 0 aliphatic heterocycles. The van der Waals surface area contributed by atoms with Crippen LogP contribution in [0.2, 0.25) is 0 Å². The highest BCUT2D eigenvalue weighted by Crippen LogP contribution is 2.08. The Kier molecular flexibility index (Phi) is 5.27. The molecule has 2 rings (SSSR count). The van der Waals surface area contributed by atoms with Gasteiger partial charge in [0.25, 0.3) is 5.91 Å². The minimum Gasteiger partial charge on any atom is -0.334 e. The van der Waals surface area contributed by atoms with Gasteiger partial charge in [0.05, 0.1) is 0 Å². The standard InChI is InChI=1S/C18H20N2O/c1-3-20(14-8-12-16-10-5-4-6-11-16)18(21)17-15(2)9-7-13-19-17/h4-13H,3,14H2,1-2H3. The second-order valence-corrected chi connectivity index (χ2v) is 4.83. The summed E-state index contributed by atoms with van der Waals surface area (Å²) in [7, 11) is 0. The molecule has 0 radical (unpaired) electrons. The number of amides is 1. The van der Waals surface area contributed by atoms with Crippen molar-refractivity contribution in [1.29, 1.82) is 0 Å². The van der Waals surface area contributed by atoms with Crippen LogP contribution in [-0.2, 0) is 0 Å². The van der Waals surface area contributed by atoms with Crippen molar-refractivity contribution >= 4 is 12.0 Å². The summed E-state index contributed by atoms with van der Waals surface area (Å²) < 4.78 is 0. The van der Waals surface area contributed by atoms with E-state index in [0.717, 1.165) is 11.1 Å². The first kappa shape index (κ1) is 15.0. The van der Waals surface area contributed by atoms with E-state index in [0.29, 0.717) is 18.8 Å². The van der Waals surface area contributed by atoms with Gasteiger partial charge in [-0.3, -0.25) is 9.78 Å². The molecule has 2 aromatic rings. The molecule has 0 saturated carbocycles. The molecule has 0 unspecified atom stereocenters. The molecule has 0 N–H and O–H groups in total. The van der Waals surface area contributed by atoms with Crippen LogP contribution in [0.1, 0.15) is 28.5 Å². The van der Waals surface area contributed by atoms with Gasteiger partial charge in [-0.05, 0) is 31.0 Å².